The number of alkyl halides is 3. The number of aromatic nitrogens is 2. The molecule has 0 aliphatic carbocycles. The lowest BCUT2D eigenvalue weighted by atomic mass is 9.94. The highest BCUT2D eigenvalue weighted by atomic mass is 19.4. The van der Waals surface area contributed by atoms with Crippen molar-refractivity contribution in [2.24, 2.45) is 0 Å². The van der Waals surface area contributed by atoms with Crippen LogP contribution in [0.2, 0.25) is 0 Å². The van der Waals surface area contributed by atoms with Crippen LogP contribution in [0, 0.1) is 34.6 Å². The molecule has 26 heavy (non-hydrogen) atoms. The van der Waals surface area contributed by atoms with Crippen LogP contribution in [0.3, 0.4) is 0 Å². The molecule has 0 spiro atoms. The van der Waals surface area contributed by atoms with E-state index in [2.05, 4.69) is 15.3 Å². The van der Waals surface area contributed by atoms with Crippen molar-refractivity contribution >= 4 is 5.91 Å². The van der Waals surface area contributed by atoms with E-state index >= 15 is 0 Å². The number of nitrogens with zero attached hydrogens (tertiary/aromatic N) is 2. The van der Waals surface area contributed by atoms with Crippen LogP contribution in [-0.2, 0) is 12.6 Å². The Morgan fingerprint density at radius 2 is 1.58 bits per heavy atom. The molecule has 140 valence electrons. The van der Waals surface area contributed by atoms with Gasteiger partial charge in [0.1, 0.15) is 11.5 Å². The molecule has 0 atom stereocenters. The summed E-state index contributed by atoms with van der Waals surface area (Å²) >= 11 is 0. The van der Waals surface area contributed by atoms with Gasteiger partial charge in [0.15, 0.2) is 0 Å². The van der Waals surface area contributed by atoms with Gasteiger partial charge in [-0.2, -0.15) is 13.2 Å². The second-order valence-electron chi connectivity index (χ2n) is 6.45. The Bertz CT molecular complexity index is 819. The van der Waals surface area contributed by atoms with Gasteiger partial charge in [-0.15, -0.1) is 0 Å². The molecule has 0 bridgehead atoms. The third-order valence-electron chi connectivity index (χ3n) is 4.42. The monoisotopic (exact) mass is 365 g/mol. The number of rotatable bonds is 4. The molecule has 0 radical (unpaired) electrons. The fourth-order valence-electron chi connectivity index (χ4n) is 2.82. The molecule has 7 heteroatoms. The van der Waals surface area contributed by atoms with Crippen LogP contribution in [0.5, 0.6) is 0 Å². The van der Waals surface area contributed by atoms with Gasteiger partial charge < -0.3 is 5.32 Å². The van der Waals surface area contributed by atoms with Crippen LogP contribution >= 0.6 is 0 Å². The van der Waals surface area contributed by atoms with Crippen molar-refractivity contribution in [2.75, 3.05) is 6.54 Å². The van der Waals surface area contributed by atoms with Crippen LogP contribution in [0.1, 0.15) is 49.8 Å². The molecule has 1 heterocycles. The molecular weight excluding hydrogens is 343 g/mol. The first kappa shape index (κ1) is 19.9. The Labute approximate surface area is 150 Å². The second-order valence-corrected chi connectivity index (χ2v) is 6.45. The highest BCUT2D eigenvalue weighted by Gasteiger charge is 2.33. The molecule has 0 saturated heterocycles. The summed E-state index contributed by atoms with van der Waals surface area (Å²) in [6.45, 7) is 9.30. The summed E-state index contributed by atoms with van der Waals surface area (Å²) < 4.78 is 38.5. The minimum absolute atomic E-state index is 0.0616. The van der Waals surface area contributed by atoms with Gasteiger partial charge in [0.2, 0.25) is 0 Å². The summed E-state index contributed by atoms with van der Waals surface area (Å²) in [5.74, 6) is -0.179. The lowest BCUT2D eigenvalue weighted by molar-refractivity contribution is -0.141. The third kappa shape index (κ3) is 4.39. The Hall–Kier alpha value is -2.44. The van der Waals surface area contributed by atoms with Gasteiger partial charge in [-0.05, 0) is 62.9 Å². The standard InChI is InChI=1S/C19H22F3N3O/c1-10-8-11(2)14(5)17(13(10)4)18(26)23-7-6-16-24-12(3)9-15(25-16)19(20,21)22/h8-9H,6-7H2,1-5H3,(H,23,26). The van der Waals surface area contributed by atoms with E-state index < -0.39 is 11.9 Å². The molecule has 1 amide bonds. The molecule has 0 aliphatic heterocycles. The van der Waals surface area contributed by atoms with Crippen molar-refractivity contribution in [1.82, 2.24) is 15.3 Å². The van der Waals surface area contributed by atoms with Gasteiger partial charge >= 0.3 is 6.18 Å². The summed E-state index contributed by atoms with van der Waals surface area (Å²) in [6.07, 6.45) is -4.39. The van der Waals surface area contributed by atoms with Gasteiger partial charge in [0.25, 0.3) is 5.91 Å². The quantitative estimate of drug-likeness (QED) is 0.891. The molecule has 0 aliphatic rings. The van der Waals surface area contributed by atoms with Crippen molar-refractivity contribution in [3.8, 4) is 0 Å². The molecule has 0 saturated carbocycles. The molecule has 1 aromatic heterocycles. The Balaban J connectivity index is 2.12. The summed E-state index contributed by atoms with van der Waals surface area (Å²) in [4.78, 5) is 20.1. The van der Waals surface area contributed by atoms with Gasteiger partial charge in [0, 0.05) is 24.2 Å². The van der Waals surface area contributed by atoms with E-state index in [1.165, 1.54) is 6.92 Å². The number of nitrogens with one attached hydrogen (secondary N) is 1. The van der Waals surface area contributed by atoms with E-state index in [1.54, 1.807) is 0 Å². The summed E-state index contributed by atoms with van der Waals surface area (Å²) in [5, 5.41) is 2.76. The lowest BCUT2D eigenvalue weighted by Gasteiger charge is -2.15. The van der Waals surface area contributed by atoms with Gasteiger partial charge in [0.05, 0.1) is 0 Å². The average molecular weight is 365 g/mol. The number of hydrogen-bond donors (Lipinski definition) is 1. The minimum atomic E-state index is -4.51. The first-order valence-electron chi connectivity index (χ1n) is 8.28. The van der Waals surface area contributed by atoms with Gasteiger partial charge in [-0.3, -0.25) is 4.79 Å². The van der Waals surface area contributed by atoms with Gasteiger partial charge in [-0.25, -0.2) is 9.97 Å². The smallest absolute Gasteiger partial charge is 0.352 e. The molecule has 2 aromatic rings. The Morgan fingerprint density at radius 1 is 1.00 bits per heavy atom. The zero-order valence-electron chi connectivity index (χ0n) is 15.5. The highest BCUT2D eigenvalue weighted by Crippen LogP contribution is 2.27. The largest absolute Gasteiger partial charge is 0.433 e. The molecule has 4 nitrogen and oxygen atoms in total. The van der Waals surface area contributed by atoms with Crippen LogP contribution in [0.15, 0.2) is 12.1 Å². The van der Waals surface area contributed by atoms with Crippen molar-refractivity contribution in [3.63, 3.8) is 0 Å². The van der Waals surface area contributed by atoms with Crippen molar-refractivity contribution in [2.45, 2.75) is 47.2 Å². The van der Waals surface area contributed by atoms with Crippen LogP contribution in [-0.4, -0.2) is 22.4 Å². The minimum Gasteiger partial charge on any atom is -0.352 e. The van der Waals surface area contributed by atoms with Crippen molar-refractivity contribution in [1.29, 1.82) is 0 Å². The van der Waals surface area contributed by atoms with E-state index in [0.29, 0.717) is 5.56 Å². The maximum Gasteiger partial charge on any atom is 0.433 e. The lowest BCUT2D eigenvalue weighted by Crippen LogP contribution is -2.28. The molecular formula is C19H22F3N3O. The topological polar surface area (TPSA) is 54.9 Å². The molecule has 2 rings (SSSR count). The summed E-state index contributed by atoms with van der Waals surface area (Å²) in [6, 6.07) is 2.94. The number of amides is 1. The number of aryl methyl sites for hydroxylation is 3. The number of carbonyl (C=O) groups excluding carboxylic acids is 1. The first-order valence-corrected chi connectivity index (χ1v) is 8.28. The molecule has 0 fully saturated rings. The van der Waals surface area contributed by atoms with Crippen molar-refractivity contribution < 1.29 is 18.0 Å². The number of benzene rings is 1. The predicted octanol–water partition coefficient (Wildman–Crippen LogP) is 4.01. The maximum atomic E-state index is 12.8. The zero-order chi connectivity index (χ0) is 19.6. The molecule has 1 aromatic carbocycles. The highest BCUT2D eigenvalue weighted by molar-refractivity contribution is 5.97. The SMILES string of the molecule is Cc1cc(C(F)(F)F)nc(CCNC(=O)c2c(C)c(C)cc(C)c2C)n1. The predicted molar refractivity (Wildman–Crippen MR) is 93.2 cm³/mol. The van der Waals surface area contributed by atoms with Crippen molar-refractivity contribution in [3.05, 3.63) is 57.2 Å². The third-order valence-corrected chi connectivity index (χ3v) is 4.42. The average Bonchev–Trinajstić information content (AvgIpc) is 2.52. The van der Waals surface area contributed by atoms with E-state index in [0.717, 1.165) is 28.3 Å². The molecule has 0 unspecified atom stereocenters. The van der Waals surface area contributed by atoms with Crippen LogP contribution in [0.4, 0.5) is 13.2 Å². The number of halogens is 3. The summed E-state index contributed by atoms with van der Waals surface area (Å²) in [5.41, 5.74) is 3.74. The van der Waals surface area contributed by atoms with Crippen LogP contribution in [0.25, 0.3) is 0 Å². The Kier molecular flexibility index (Phi) is 5.68. The fraction of sp³-hybridized carbons (Fsp3) is 0.421. The normalized spacial score (nSPS) is 11.5. The Morgan fingerprint density at radius 3 is 2.12 bits per heavy atom. The number of hydrogen-bond acceptors (Lipinski definition) is 3. The maximum absolute atomic E-state index is 12.8. The van der Waals surface area contributed by atoms with Crippen LogP contribution < -0.4 is 5.32 Å². The fourth-order valence-corrected chi connectivity index (χ4v) is 2.82. The molecule has 1 N–H and O–H groups in total. The van der Waals surface area contributed by atoms with E-state index in [9.17, 15) is 18.0 Å². The zero-order valence-corrected chi connectivity index (χ0v) is 15.5. The summed E-state index contributed by atoms with van der Waals surface area (Å²) in [7, 11) is 0. The first-order chi connectivity index (χ1) is 12.0. The van der Waals surface area contributed by atoms with Gasteiger partial charge in [-0.1, -0.05) is 6.07 Å². The van der Waals surface area contributed by atoms with E-state index in [4.69, 9.17) is 0 Å². The van der Waals surface area contributed by atoms with E-state index in [1.807, 2.05) is 33.8 Å². The second kappa shape index (κ2) is 7.43. The van der Waals surface area contributed by atoms with E-state index in [-0.39, 0.29) is 30.4 Å². The number of carbonyl (C=O) groups is 1.